The lowest BCUT2D eigenvalue weighted by molar-refractivity contribution is -0.123. The van der Waals surface area contributed by atoms with Crippen LogP contribution in [0.1, 0.15) is 18.1 Å². The molecule has 3 rings (SSSR count). The molecular weight excluding hydrogens is 403 g/mol. The zero-order valence-electron chi connectivity index (χ0n) is 14.0. The second kappa shape index (κ2) is 7.70. The maximum absolute atomic E-state index is 13.8. The molecule has 1 heterocycles. The SMILES string of the molecule is CCOc1ccc(Br)cc1C=C1NC(=O)N(Cc2ccccc2F)C1=O. The molecule has 1 aliphatic rings. The number of carbonyl (C=O) groups excluding carboxylic acids is 2. The molecule has 26 heavy (non-hydrogen) atoms. The van der Waals surface area contributed by atoms with Gasteiger partial charge in [0, 0.05) is 15.6 Å². The lowest BCUT2D eigenvalue weighted by atomic mass is 10.1. The van der Waals surface area contributed by atoms with E-state index in [1.54, 1.807) is 36.4 Å². The monoisotopic (exact) mass is 418 g/mol. The number of benzene rings is 2. The molecule has 0 bridgehead atoms. The van der Waals surface area contributed by atoms with E-state index < -0.39 is 17.8 Å². The molecule has 1 saturated heterocycles. The summed E-state index contributed by atoms with van der Waals surface area (Å²) >= 11 is 3.38. The fraction of sp³-hybridized carbons (Fsp3) is 0.158. The molecule has 3 amide bonds. The molecule has 7 heteroatoms. The second-order valence-electron chi connectivity index (χ2n) is 5.59. The van der Waals surface area contributed by atoms with Crippen molar-refractivity contribution in [2.45, 2.75) is 13.5 Å². The van der Waals surface area contributed by atoms with E-state index in [4.69, 9.17) is 4.74 Å². The van der Waals surface area contributed by atoms with Crippen LogP contribution in [0.5, 0.6) is 5.75 Å². The van der Waals surface area contributed by atoms with Crippen LogP contribution >= 0.6 is 15.9 Å². The van der Waals surface area contributed by atoms with Crippen LogP contribution in [-0.4, -0.2) is 23.4 Å². The molecule has 0 saturated carbocycles. The van der Waals surface area contributed by atoms with Crippen LogP contribution in [-0.2, 0) is 11.3 Å². The van der Waals surface area contributed by atoms with Crippen molar-refractivity contribution in [1.29, 1.82) is 0 Å². The Balaban J connectivity index is 1.88. The lowest BCUT2D eigenvalue weighted by Crippen LogP contribution is -2.30. The van der Waals surface area contributed by atoms with Crippen LogP contribution < -0.4 is 10.1 Å². The number of nitrogens with one attached hydrogen (secondary N) is 1. The van der Waals surface area contributed by atoms with Gasteiger partial charge in [0.2, 0.25) is 0 Å². The predicted molar refractivity (Wildman–Crippen MR) is 98.8 cm³/mol. The summed E-state index contributed by atoms with van der Waals surface area (Å²) in [5.74, 6) is -0.380. The first-order chi connectivity index (χ1) is 12.5. The van der Waals surface area contributed by atoms with Gasteiger partial charge in [0.15, 0.2) is 0 Å². The van der Waals surface area contributed by atoms with Crippen LogP contribution in [0.4, 0.5) is 9.18 Å². The molecule has 0 aromatic heterocycles. The summed E-state index contributed by atoms with van der Waals surface area (Å²) in [5, 5.41) is 2.54. The van der Waals surface area contributed by atoms with E-state index in [-0.39, 0.29) is 17.8 Å². The Morgan fingerprint density at radius 2 is 2.00 bits per heavy atom. The fourth-order valence-corrected chi connectivity index (χ4v) is 2.97. The van der Waals surface area contributed by atoms with Crippen molar-refractivity contribution < 1.29 is 18.7 Å². The lowest BCUT2D eigenvalue weighted by Gasteiger charge is -2.12. The van der Waals surface area contributed by atoms with Crippen LogP contribution in [0.15, 0.2) is 52.6 Å². The zero-order chi connectivity index (χ0) is 18.7. The molecule has 2 aromatic rings. The maximum atomic E-state index is 13.8. The topological polar surface area (TPSA) is 58.6 Å². The molecule has 1 fully saturated rings. The minimum Gasteiger partial charge on any atom is -0.493 e. The van der Waals surface area contributed by atoms with Gasteiger partial charge in [-0.05, 0) is 37.3 Å². The van der Waals surface area contributed by atoms with Crippen molar-refractivity contribution in [2.24, 2.45) is 0 Å². The first-order valence-corrected chi connectivity index (χ1v) is 8.79. The highest BCUT2D eigenvalue weighted by molar-refractivity contribution is 9.10. The predicted octanol–water partition coefficient (Wildman–Crippen LogP) is 4.08. The summed E-state index contributed by atoms with van der Waals surface area (Å²) in [4.78, 5) is 25.7. The molecular formula is C19H16BrFN2O3. The second-order valence-corrected chi connectivity index (χ2v) is 6.50. The smallest absolute Gasteiger partial charge is 0.329 e. The Kier molecular flexibility index (Phi) is 5.37. The number of urea groups is 1. The highest BCUT2D eigenvalue weighted by Crippen LogP contribution is 2.27. The third kappa shape index (κ3) is 3.77. The molecule has 2 aromatic carbocycles. The molecule has 0 radical (unpaired) electrons. The molecule has 0 atom stereocenters. The molecule has 0 spiro atoms. The van der Waals surface area contributed by atoms with E-state index in [0.717, 1.165) is 9.37 Å². The average molecular weight is 419 g/mol. The molecule has 1 N–H and O–H groups in total. The van der Waals surface area contributed by atoms with E-state index in [2.05, 4.69) is 21.2 Å². The fourth-order valence-electron chi connectivity index (χ4n) is 2.59. The van der Waals surface area contributed by atoms with Gasteiger partial charge in [-0.1, -0.05) is 34.1 Å². The standard InChI is InChI=1S/C19H16BrFN2O3/c1-2-26-17-8-7-14(20)9-13(17)10-16-18(24)23(19(25)22-16)11-12-5-3-4-6-15(12)21/h3-10H,2,11H2,1H3,(H,22,25). The highest BCUT2D eigenvalue weighted by Gasteiger charge is 2.34. The molecule has 1 aliphatic heterocycles. The van der Waals surface area contributed by atoms with Gasteiger partial charge in [-0.25, -0.2) is 9.18 Å². The van der Waals surface area contributed by atoms with E-state index in [1.807, 2.05) is 13.0 Å². The third-order valence-electron chi connectivity index (χ3n) is 3.82. The van der Waals surface area contributed by atoms with Crippen LogP contribution in [0.2, 0.25) is 0 Å². The van der Waals surface area contributed by atoms with Crippen LogP contribution in [0.3, 0.4) is 0 Å². The number of nitrogens with zero attached hydrogens (tertiary/aromatic N) is 1. The highest BCUT2D eigenvalue weighted by atomic mass is 79.9. The van der Waals surface area contributed by atoms with Crippen molar-refractivity contribution in [3.8, 4) is 5.75 Å². The van der Waals surface area contributed by atoms with Gasteiger partial charge in [0.1, 0.15) is 17.3 Å². The summed E-state index contributed by atoms with van der Waals surface area (Å²) in [7, 11) is 0. The molecule has 0 unspecified atom stereocenters. The van der Waals surface area contributed by atoms with E-state index in [0.29, 0.717) is 17.9 Å². The Labute approximate surface area is 158 Å². The number of ether oxygens (including phenoxy) is 1. The van der Waals surface area contributed by atoms with Gasteiger partial charge in [-0.3, -0.25) is 9.69 Å². The quantitative estimate of drug-likeness (QED) is 0.587. The van der Waals surface area contributed by atoms with E-state index in [9.17, 15) is 14.0 Å². The first-order valence-electron chi connectivity index (χ1n) is 8.00. The summed E-state index contributed by atoms with van der Waals surface area (Å²) < 4.78 is 20.2. The number of hydrogen-bond acceptors (Lipinski definition) is 3. The third-order valence-corrected chi connectivity index (χ3v) is 4.31. The van der Waals surface area contributed by atoms with Gasteiger partial charge in [-0.2, -0.15) is 0 Å². The van der Waals surface area contributed by atoms with Crippen molar-refractivity contribution in [3.63, 3.8) is 0 Å². The Morgan fingerprint density at radius 3 is 2.73 bits per heavy atom. The Hall–Kier alpha value is -2.67. The Morgan fingerprint density at radius 1 is 1.23 bits per heavy atom. The number of halogens is 2. The van der Waals surface area contributed by atoms with Crippen molar-refractivity contribution in [2.75, 3.05) is 6.61 Å². The number of hydrogen-bond donors (Lipinski definition) is 1. The summed E-state index contributed by atoms with van der Waals surface area (Å²) in [6.07, 6.45) is 1.55. The number of carbonyl (C=O) groups is 2. The molecule has 134 valence electrons. The molecule has 0 aliphatic carbocycles. The van der Waals surface area contributed by atoms with Gasteiger partial charge >= 0.3 is 6.03 Å². The number of amides is 3. The minimum absolute atomic E-state index is 0.116. The van der Waals surface area contributed by atoms with E-state index >= 15 is 0 Å². The van der Waals surface area contributed by atoms with Gasteiger partial charge in [0.25, 0.3) is 5.91 Å². The van der Waals surface area contributed by atoms with Crippen molar-refractivity contribution in [1.82, 2.24) is 10.2 Å². The summed E-state index contributed by atoms with van der Waals surface area (Å²) in [5.41, 5.74) is 1.04. The zero-order valence-corrected chi connectivity index (χ0v) is 15.5. The van der Waals surface area contributed by atoms with Crippen LogP contribution in [0.25, 0.3) is 6.08 Å². The number of imide groups is 1. The molecule has 5 nitrogen and oxygen atoms in total. The Bertz CT molecular complexity index is 898. The van der Waals surface area contributed by atoms with Crippen LogP contribution in [0, 0.1) is 5.82 Å². The first kappa shape index (κ1) is 18.1. The summed E-state index contributed by atoms with van der Waals surface area (Å²) in [6, 6.07) is 10.8. The van der Waals surface area contributed by atoms with Crippen molar-refractivity contribution >= 4 is 33.9 Å². The summed E-state index contributed by atoms with van der Waals surface area (Å²) in [6.45, 7) is 2.20. The minimum atomic E-state index is -0.586. The van der Waals surface area contributed by atoms with E-state index in [1.165, 1.54) is 6.07 Å². The average Bonchev–Trinajstić information content (AvgIpc) is 2.87. The largest absolute Gasteiger partial charge is 0.493 e. The number of rotatable bonds is 5. The maximum Gasteiger partial charge on any atom is 0.329 e. The van der Waals surface area contributed by atoms with Gasteiger partial charge in [-0.15, -0.1) is 0 Å². The van der Waals surface area contributed by atoms with Gasteiger partial charge in [0.05, 0.1) is 13.2 Å². The van der Waals surface area contributed by atoms with Gasteiger partial charge < -0.3 is 10.1 Å². The van der Waals surface area contributed by atoms with Crippen molar-refractivity contribution in [3.05, 3.63) is 69.6 Å². The normalized spacial score (nSPS) is 15.5.